The molecule has 1 aromatic carbocycles. The lowest BCUT2D eigenvalue weighted by Gasteiger charge is -2.30. The maximum absolute atomic E-state index is 13.3. The molecule has 1 atom stereocenters. The van der Waals surface area contributed by atoms with Crippen LogP contribution in [0.2, 0.25) is 0 Å². The van der Waals surface area contributed by atoms with Gasteiger partial charge in [-0.2, -0.15) is 0 Å². The van der Waals surface area contributed by atoms with Gasteiger partial charge in [0.1, 0.15) is 5.54 Å². The lowest BCUT2D eigenvalue weighted by atomic mass is 9.92. The average Bonchev–Trinajstić information content (AvgIpc) is 2.62. The third kappa shape index (κ3) is 2.81. The van der Waals surface area contributed by atoms with Crippen LogP contribution in [0.5, 0.6) is 11.5 Å². The molecule has 19 heavy (non-hydrogen) atoms. The van der Waals surface area contributed by atoms with E-state index in [0.29, 0.717) is 36.8 Å². The summed E-state index contributed by atoms with van der Waals surface area (Å²) in [5, 5.41) is 2.85. The molecule has 0 aromatic heterocycles. The molecule has 5 heteroatoms. The molecule has 1 N–H and O–H groups in total. The highest BCUT2D eigenvalue weighted by atomic mass is 19.3. The van der Waals surface area contributed by atoms with E-state index in [1.165, 1.54) is 6.92 Å². The fourth-order valence-electron chi connectivity index (χ4n) is 2.16. The number of hydrogen-bond donors (Lipinski definition) is 1. The van der Waals surface area contributed by atoms with E-state index >= 15 is 0 Å². The summed E-state index contributed by atoms with van der Waals surface area (Å²) in [4.78, 5) is 0. The monoisotopic (exact) mass is 271 g/mol. The van der Waals surface area contributed by atoms with Crippen LogP contribution in [0.15, 0.2) is 18.2 Å². The predicted octanol–water partition coefficient (Wildman–Crippen LogP) is 2.94. The molecule has 0 amide bonds. The first-order valence-electron chi connectivity index (χ1n) is 6.51. The van der Waals surface area contributed by atoms with Gasteiger partial charge in [-0.3, -0.25) is 0 Å². The van der Waals surface area contributed by atoms with Crippen molar-refractivity contribution in [3.63, 3.8) is 0 Å². The minimum Gasteiger partial charge on any atom is -0.490 e. The minimum absolute atomic E-state index is 0.468. The first kappa shape index (κ1) is 14.1. The van der Waals surface area contributed by atoms with Gasteiger partial charge in [0.2, 0.25) is 0 Å². The van der Waals surface area contributed by atoms with Crippen molar-refractivity contribution in [3.8, 4) is 11.5 Å². The molecule has 0 fully saturated rings. The summed E-state index contributed by atoms with van der Waals surface area (Å²) in [6.07, 6.45) is -1.71. The van der Waals surface area contributed by atoms with E-state index in [4.69, 9.17) is 9.47 Å². The Morgan fingerprint density at radius 1 is 1.26 bits per heavy atom. The summed E-state index contributed by atoms with van der Waals surface area (Å²) in [5.74, 6) is 1.16. The Morgan fingerprint density at radius 3 is 2.58 bits per heavy atom. The summed E-state index contributed by atoms with van der Waals surface area (Å²) < 4.78 is 37.7. The van der Waals surface area contributed by atoms with E-state index in [9.17, 15) is 8.78 Å². The Balaban J connectivity index is 2.36. The molecule has 0 saturated carbocycles. The maximum atomic E-state index is 13.3. The zero-order chi connectivity index (χ0) is 13.9. The van der Waals surface area contributed by atoms with E-state index < -0.39 is 12.0 Å². The number of halogens is 2. The second-order valence-electron chi connectivity index (χ2n) is 4.75. The third-order valence-corrected chi connectivity index (χ3v) is 3.33. The van der Waals surface area contributed by atoms with E-state index in [2.05, 4.69) is 5.32 Å². The molecule has 0 spiro atoms. The number of fused-ring (bicyclic) bond motifs is 1. The summed E-state index contributed by atoms with van der Waals surface area (Å²) in [6, 6.07) is 5.02. The first-order chi connectivity index (χ1) is 9.08. The van der Waals surface area contributed by atoms with Crippen molar-refractivity contribution in [3.05, 3.63) is 23.8 Å². The Bertz CT molecular complexity index is 439. The summed E-state index contributed by atoms with van der Waals surface area (Å²) in [5.41, 5.74) is -0.868. The van der Waals surface area contributed by atoms with Gasteiger partial charge in [0.15, 0.2) is 11.5 Å². The second kappa shape index (κ2) is 5.74. The second-order valence-corrected chi connectivity index (χ2v) is 4.75. The van der Waals surface area contributed by atoms with E-state index in [0.717, 1.165) is 6.42 Å². The van der Waals surface area contributed by atoms with Crippen molar-refractivity contribution in [2.45, 2.75) is 32.2 Å². The van der Waals surface area contributed by atoms with Crippen molar-refractivity contribution < 1.29 is 18.3 Å². The van der Waals surface area contributed by atoms with Crippen LogP contribution in [-0.4, -0.2) is 26.2 Å². The molecule has 3 nitrogen and oxygen atoms in total. The lowest BCUT2D eigenvalue weighted by molar-refractivity contribution is 0.0393. The fourth-order valence-corrected chi connectivity index (χ4v) is 2.16. The molecule has 106 valence electrons. The molecule has 0 saturated heterocycles. The molecular formula is C14H19F2NO2. The van der Waals surface area contributed by atoms with Crippen molar-refractivity contribution in [1.82, 2.24) is 5.32 Å². The zero-order valence-corrected chi connectivity index (χ0v) is 11.2. The molecule has 1 aliphatic rings. The van der Waals surface area contributed by atoms with Gasteiger partial charge in [-0.05, 0) is 31.2 Å². The Morgan fingerprint density at radius 2 is 1.95 bits per heavy atom. The van der Waals surface area contributed by atoms with Crippen LogP contribution in [-0.2, 0) is 5.54 Å². The van der Waals surface area contributed by atoms with Crippen LogP contribution in [0.4, 0.5) is 8.78 Å². The molecular weight excluding hydrogens is 252 g/mol. The van der Waals surface area contributed by atoms with E-state index in [1.54, 1.807) is 18.2 Å². The SMILES string of the molecule is CCNC(C)(c1ccc2c(c1)OCCCO2)C(F)F. The standard InChI is InChI=1S/C14H19F2NO2/c1-3-17-14(2,13(15)16)10-5-6-11-12(9-10)19-8-4-7-18-11/h5-6,9,13,17H,3-4,7-8H2,1-2H3. The van der Waals surface area contributed by atoms with Crippen molar-refractivity contribution >= 4 is 0 Å². The first-order valence-corrected chi connectivity index (χ1v) is 6.51. The minimum atomic E-state index is -2.50. The fraction of sp³-hybridized carbons (Fsp3) is 0.571. The van der Waals surface area contributed by atoms with Crippen molar-refractivity contribution in [2.24, 2.45) is 0 Å². The molecule has 0 bridgehead atoms. The van der Waals surface area contributed by atoms with Crippen LogP contribution in [0.25, 0.3) is 0 Å². The van der Waals surface area contributed by atoms with Gasteiger partial charge >= 0.3 is 0 Å². The van der Waals surface area contributed by atoms with Crippen molar-refractivity contribution in [1.29, 1.82) is 0 Å². The topological polar surface area (TPSA) is 30.5 Å². The molecule has 2 rings (SSSR count). The number of hydrogen-bond acceptors (Lipinski definition) is 3. The Labute approximate surface area is 111 Å². The molecule has 1 aliphatic heterocycles. The zero-order valence-electron chi connectivity index (χ0n) is 11.2. The van der Waals surface area contributed by atoms with E-state index in [1.807, 2.05) is 6.92 Å². The number of nitrogens with one attached hydrogen (secondary N) is 1. The van der Waals surface area contributed by atoms with Gasteiger partial charge < -0.3 is 14.8 Å². The van der Waals surface area contributed by atoms with Crippen LogP contribution < -0.4 is 14.8 Å². The molecule has 1 aromatic rings. The molecule has 0 radical (unpaired) electrons. The third-order valence-electron chi connectivity index (χ3n) is 3.33. The Hall–Kier alpha value is -1.36. The highest BCUT2D eigenvalue weighted by Crippen LogP contribution is 2.36. The smallest absolute Gasteiger partial charge is 0.260 e. The normalized spacial score (nSPS) is 17.9. The van der Waals surface area contributed by atoms with Crippen LogP contribution in [0.1, 0.15) is 25.8 Å². The number of rotatable bonds is 4. The molecule has 1 unspecified atom stereocenters. The van der Waals surface area contributed by atoms with Gasteiger partial charge in [0, 0.05) is 6.42 Å². The summed E-state index contributed by atoms with van der Waals surface area (Å²) in [6.45, 7) is 4.91. The summed E-state index contributed by atoms with van der Waals surface area (Å²) >= 11 is 0. The Kier molecular flexibility index (Phi) is 4.24. The quantitative estimate of drug-likeness (QED) is 0.913. The van der Waals surface area contributed by atoms with Crippen LogP contribution in [0.3, 0.4) is 0 Å². The number of ether oxygens (including phenoxy) is 2. The van der Waals surface area contributed by atoms with E-state index in [-0.39, 0.29) is 0 Å². The molecule has 0 aliphatic carbocycles. The largest absolute Gasteiger partial charge is 0.490 e. The van der Waals surface area contributed by atoms with Crippen molar-refractivity contribution in [2.75, 3.05) is 19.8 Å². The highest BCUT2D eigenvalue weighted by Gasteiger charge is 2.36. The lowest BCUT2D eigenvalue weighted by Crippen LogP contribution is -2.45. The van der Waals surface area contributed by atoms with Gasteiger partial charge in [-0.15, -0.1) is 0 Å². The maximum Gasteiger partial charge on any atom is 0.260 e. The van der Waals surface area contributed by atoms with Crippen LogP contribution in [0, 0.1) is 0 Å². The number of benzene rings is 1. The number of alkyl halides is 2. The van der Waals surface area contributed by atoms with Gasteiger partial charge in [-0.25, -0.2) is 8.78 Å². The van der Waals surface area contributed by atoms with Crippen LogP contribution >= 0.6 is 0 Å². The predicted molar refractivity (Wildman–Crippen MR) is 69.1 cm³/mol. The van der Waals surface area contributed by atoms with Gasteiger partial charge in [0.05, 0.1) is 13.2 Å². The summed E-state index contributed by atoms with van der Waals surface area (Å²) in [7, 11) is 0. The molecule has 1 heterocycles. The van der Waals surface area contributed by atoms with Gasteiger partial charge in [0.25, 0.3) is 6.43 Å². The highest BCUT2D eigenvalue weighted by molar-refractivity contribution is 5.45. The van der Waals surface area contributed by atoms with Gasteiger partial charge in [-0.1, -0.05) is 13.0 Å². The average molecular weight is 271 g/mol.